The molecule has 2 amide bonds. The summed E-state index contributed by atoms with van der Waals surface area (Å²) >= 11 is 6.93. The zero-order valence-electron chi connectivity index (χ0n) is 21.9. The number of carbonyl (C=O) groups excluding carboxylic acids is 2. The highest BCUT2D eigenvalue weighted by Gasteiger charge is 2.16. The fourth-order valence-electron chi connectivity index (χ4n) is 3.46. The van der Waals surface area contributed by atoms with Crippen LogP contribution in [-0.4, -0.2) is 32.1 Å². The first kappa shape index (κ1) is 29.7. The lowest BCUT2D eigenvalue weighted by molar-refractivity contribution is -0.118. The van der Waals surface area contributed by atoms with Crippen LogP contribution in [0.3, 0.4) is 0 Å². The van der Waals surface area contributed by atoms with E-state index in [0.717, 1.165) is 15.6 Å². The van der Waals surface area contributed by atoms with Gasteiger partial charge in [-0.2, -0.15) is 5.26 Å². The van der Waals surface area contributed by atoms with E-state index < -0.39 is 5.91 Å². The van der Waals surface area contributed by atoms with Gasteiger partial charge in [-0.15, -0.1) is 0 Å². The molecule has 0 spiro atoms. The minimum atomic E-state index is -0.564. The Labute approximate surface area is 244 Å². The third-order valence-electron chi connectivity index (χ3n) is 5.56. The minimum absolute atomic E-state index is 0.104. The van der Waals surface area contributed by atoms with Gasteiger partial charge >= 0.3 is 0 Å². The molecular weight excluding hydrogens is 630 g/mol. The molecular formula is C29H27Br2N3O5. The maximum atomic E-state index is 12.7. The highest BCUT2D eigenvalue weighted by Crippen LogP contribution is 2.38. The minimum Gasteiger partial charge on any atom is -0.497 e. The lowest BCUT2D eigenvalue weighted by Crippen LogP contribution is -2.21. The first-order valence-corrected chi connectivity index (χ1v) is 13.5. The number of nitriles is 1. The number of hydrogen-bond donors (Lipinski definition) is 2. The van der Waals surface area contributed by atoms with Crippen LogP contribution in [0.25, 0.3) is 6.08 Å². The summed E-state index contributed by atoms with van der Waals surface area (Å²) in [6, 6.07) is 15.8. The van der Waals surface area contributed by atoms with E-state index in [4.69, 9.17) is 14.2 Å². The Morgan fingerprint density at radius 1 is 0.974 bits per heavy atom. The number of methoxy groups -OCH3 is 1. The Balaban J connectivity index is 1.77. The molecule has 39 heavy (non-hydrogen) atoms. The molecule has 10 heteroatoms. The average molecular weight is 657 g/mol. The monoisotopic (exact) mass is 655 g/mol. The standard InChI is InChI=1S/C29H27Br2N3O5/c1-5-38-26-14-19(12-20(15-32)29(36)33-21-6-8-22(37-4)9-7-21)13-24(31)28(26)39-16-27(35)34-25-11-18(3)17(2)10-23(25)30/h6-14H,5,16H2,1-4H3,(H,33,36)(H,34,35)/b20-12-. The van der Waals surface area contributed by atoms with Gasteiger partial charge in [0.1, 0.15) is 17.4 Å². The summed E-state index contributed by atoms with van der Waals surface area (Å²) in [5.74, 6) is 0.413. The molecule has 0 atom stereocenters. The molecule has 3 aromatic carbocycles. The van der Waals surface area contributed by atoms with Gasteiger partial charge in [0.25, 0.3) is 11.8 Å². The Morgan fingerprint density at radius 3 is 2.31 bits per heavy atom. The summed E-state index contributed by atoms with van der Waals surface area (Å²) < 4.78 is 17.9. The number of nitrogens with one attached hydrogen (secondary N) is 2. The number of amides is 2. The molecule has 0 radical (unpaired) electrons. The van der Waals surface area contributed by atoms with Gasteiger partial charge in [0, 0.05) is 10.2 Å². The van der Waals surface area contributed by atoms with E-state index in [1.807, 2.05) is 39.0 Å². The number of hydrogen-bond acceptors (Lipinski definition) is 6. The summed E-state index contributed by atoms with van der Waals surface area (Å²) in [6.45, 7) is 5.85. The van der Waals surface area contributed by atoms with E-state index in [1.54, 1.807) is 43.5 Å². The number of ether oxygens (including phenoxy) is 3. The van der Waals surface area contributed by atoms with E-state index in [9.17, 15) is 14.9 Å². The summed E-state index contributed by atoms with van der Waals surface area (Å²) in [4.78, 5) is 25.3. The number of anilines is 2. The van der Waals surface area contributed by atoms with Crippen molar-refractivity contribution in [2.75, 3.05) is 31.0 Å². The zero-order valence-corrected chi connectivity index (χ0v) is 25.0. The highest BCUT2D eigenvalue weighted by molar-refractivity contribution is 9.11. The van der Waals surface area contributed by atoms with E-state index in [-0.39, 0.29) is 18.1 Å². The lowest BCUT2D eigenvalue weighted by Gasteiger charge is -2.15. The number of rotatable bonds is 10. The van der Waals surface area contributed by atoms with Crippen molar-refractivity contribution < 1.29 is 23.8 Å². The highest BCUT2D eigenvalue weighted by atomic mass is 79.9. The first-order chi connectivity index (χ1) is 18.6. The first-order valence-electron chi connectivity index (χ1n) is 11.9. The van der Waals surface area contributed by atoms with Crippen molar-refractivity contribution >= 4 is 61.1 Å². The molecule has 0 aliphatic rings. The van der Waals surface area contributed by atoms with Crippen molar-refractivity contribution in [2.45, 2.75) is 20.8 Å². The molecule has 0 bridgehead atoms. The maximum absolute atomic E-state index is 12.7. The summed E-state index contributed by atoms with van der Waals surface area (Å²) in [5, 5.41) is 15.2. The number of nitrogens with zero attached hydrogens (tertiary/aromatic N) is 1. The Kier molecular flexibility index (Phi) is 10.5. The van der Waals surface area contributed by atoms with Crippen LogP contribution in [0, 0.1) is 25.2 Å². The zero-order chi connectivity index (χ0) is 28.5. The molecule has 0 unspecified atom stereocenters. The van der Waals surface area contributed by atoms with Gasteiger partial charge in [-0.3, -0.25) is 9.59 Å². The number of benzene rings is 3. The van der Waals surface area contributed by atoms with Gasteiger partial charge in [0.05, 0.1) is 23.9 Å². The fraction of sp³-hybridized carbons (Fsp3) is 0.207. The third kappa shape index (κ3) is 8.09. The number of aryl methyl sites for hydroxylation is 2. The predicted octanol–water partition coefficient (Wildman–Crippen LogP) is 6.80. The van der Waals surface area contributed by atoms with Crippen LogP contribution < -0.4 is 24.8 Å². The largest absolute Gasteiger partial charge is 0.497 e. The van der Waals surface area contributed by atoms with Gasteiger partial charge < -0.3 is 24.8 Å². The van der Waals surface area contributed by atoms with Crippen LogP contribution in [0.15, 0.2) is 63.0 Å². The molecule has 0 aromatic heterocycles. The smallest absolute Gasteiger partial charge is 0.266 e. The Hall–Kier alpha value is -3.81. The molecule has 0 fully saturated rings. The molecule has 3 rings (SSSR count). The van der Waals surface area contributed by atoms with Gasteiger partial charge in [-0.1, -0.05) is 0 Å². The van der Waals surface area contributed by atoms with E-state index in [0.29, 0.717) is 45.3 Å². The van der Waals surface area contributed by atoms with Gasteiger partial charge in [0.15, 0.2) is 18.1 Å². The van der Waals surface area contributed by atoms with Crippen molar-refractivity contribution in [1.29, 1.82) is 5.26 Å². The molecule has 3 aromatic rings. The second-order valence-corrected chi connectivity index (χ2v) is 10.1. The SMILES string of the molecule is CCOc1cc(/C=C(/C#N)C(=O)Nc2ccc(OC)cc2)cc(Br)c1OCC(=O)Nc1cc(C)c(C)cc1Br. The van der Waals surface area contributed by atoms with Crippen LogP contribution in [0.1, 0.15) is 23.6 Å². The van der Waals surface area contributed by atoms with Crippen molar-refractivity contribution in [3.63, 3.8) is 0 Å². The van der Waals surface area contributed by atoms with E-state index in [1.165, 1.54) is 6.08 Å². The average Bonchev–Trinajstić information content (AvgIpc) is 2.90. The summed E-state index contributed by atoms with van der Waals surface area (Å²) in [5.41, 5.74) is 3.75. The Morgan fingerprint density at radius 2 is 1.67 bits per heavy atom. The lowest BCUT2D eigenvalue weighted by atomic mass is 10.1. The molecule has 202 valence electrons. The Bertz CT molecular complexity index is 1450. The molecule has 2 N–H and O–H groups in total. The summed E-state index contributed by atoms with van der Waals surface area (Å²) in [7, 11) is 1.55. The molecule has 0 saturated carbocycles. The van der Waals surface area contributed by atoms with Crippen LogP contribution in [-0.2, 0) is 9.59 Å². The van der Waals surface area contributed by atoms with Crippen LogP contribution in [0.4, 0.5) is 11.4 Å². The molecule has 0 heterocycles. The number of halogens is 2. The van der Waals surface area contributed by atoms with E-state index in [2.05, 4.69) is 42.5 Å². The molecule has 8 nitrogen and oxygen atoms in total. The van der Waals surface area contributed by atoms with Crippen molar-refractivity contribution in [1.82, 2.24) is 0 Å². The van der Waals surface area contributed by atoms with Gasteiger partial charge in [-0.05, 0) is 124 Å². The molecule has 0 aliphatic carbocycles. The van der Waals surface area contributed by atoms with Crippen molar-refractivity contribution in [3.8, 4) is 23.3 Å². The summed E-state index contributed by atoms with van der Waals surface area (Å²) in [6.07, 6.45) is 1.44. The second kappa shape index (κ2) is 13.8. The maximum Gasteiger partial charge on any atom is 0.266 e. The quantitative estimate of drug-likeness (QED) is 0.184. The van der Waals surface area contributed by atoms with Gasteiger partial charge in [-0.25, -0.2) is 0 Å². The number of carbonyl (C=O) groups is 2. The van der Waals surface area contributed by atoms with Crippen molar-refractivity contribution in [3.05, 3.63) is 79.7 Å². The van der Waals surface area contributed by atoms with Crippen LogP contribution >= 0.6 is 31.9 Å². The normalized spacial score (nSPS) is 10.8. The fourth-order valence-corrected chi connectivity index (χ4v) is 4.59. The van der Waals surface area contributed by atoms with Crippen LogP contribution in [0.5, 0.6) is 17.2 Å². The van der Waals surface area contributed by atoms with Gasteiger partial charge in [0.2, 0.25) is 0 Å². The topological polar surface area (TPSA) is 110 Å². The van der Waals surface area contributed by atoms with Crippen LogP contribution in [0.2, 0.25) is 0 Å². The van der Waals surface area contributed by atoms with E-state index >= 15 is 0 Å². The predicted molar refractivity (Wildman–Crippen MR) is 158 cm³/mol. The molecule has 0 aliphatic heterocycles. The van der Waals surface area contributed by atoms with Crippen molar-refractivity contribution in [2.24, 2.45) is 0 Å². The second-order valence-electron chi connectivity index (χ2n) is 8.37. The molecule has 0 saturated heterocycles. The third-order valence-corrected chi connectivity index (χ3v) is 6.81.